The third-order valence-electron chi connectivity index (χ3n) is 3.26. The molecule has 2 aromatic rings. The number of phenolic OH excluding ortho intramolecular Hbond substituents is 2. The lowest BCUT2D eigenvalue weighted by Gasteiger charge is -2.11. The molecule has 0 fully saturated rings. The zero-order chi connectivity index (χ0) is 13.1. The first-order valence-corrected chi connectivity index (χ1v) is 6.30. The lowest BCUT2D eigenvalue weighted by Crippen LogP contribution is -1.88. The number of phenols is 2. The SMILES string of the molecule is CCc1cccc(-c2ccc(O)c(CC)c2O)c1. The van der Waals surface area contributed by atoms with Crippen LogP contribution in [0.5, 0.6) is 11.5 Å². The first-order chi connectivity index (χ1) is 8.67. The molecular formula is C16H18O2. The van der Waals surface area contributed by atoms with E-state index < -0.39 is 0 Å². The Kier molecular flexibility index (Phi) is 3.56. The Bertz CT molecular complexity index is 559. The second-order valence-corrected chi connectivity index (χ2v) is 4.37. The molecule has 2 N–H and O–H groups in total. The smallest absolute Gasteiger partial charge is 0.130 e. The second kappa shape index (κ2) is 5.13. The van der Waals surface area contributed by atoms with E-state index in [2.05, 4.69) is 19.1 Å². The molecule has 0 aliphatic carbocycles. The average Bonchev–Trinajstić information content (AvgIpc) is 2.39. The lowest BCUT2D eigenvalue weighted by atomic mass is 9.97. The third-order valence-corrected chi connectivity index (χ3v) is 3.26. The van der Waals surface area contributed by atoms with E-state index in [1.807, 2.05) is 19.1 Å². The van der Waals surface area contributed by atoms with Gasteiger partial charge in [0.25, 0.3) is 0 Å². The van der Waals surface area contributed by atoms with Crippen LogP contribution < -0.4 is 0 Å². The number of benzene rings is 2. The maximum absolute atomic E-state index is 10.2. The van der Waals surface area contributed by atoms with Crippen molar-refractivity contribution in [3.8, 4) is 22.6 Å². The summed E-state index contributed by atoms with van der Waals surface area (Å²) in [5, 5.41) is 19.9. The molecule has 0 spiro atoms. The minimum Gasteiger partial charge on any atom is -0.508 e. The summed E-state index contributed by atoms with van der Waals surface area (Å²) in [6.07, 6.45) is 1.58. The molecule has 0 bridgehead atoms. The highest BCUT2D eigenvalue weighted by molar-refractivity contribution is 5.74. The van der Waals surface area contributed by atoms with Crippen molar-refractivity contribution >= 4 is 0 Å². The van der Waals surface area contributed by atoms with Gasteiger partial charge in [0.2, 0.25) is 0 Å². The van der Waals surface area contributed by atoms with Crippen LogP contribution in [0.2, 0.25) is 0 Å². The number of aryl methyl sites for hydroxylation is 1. The van der Waals surface area contributed by atoms with Crippen LogP contribution in [0.3, 0.4) is 0 Å². The topological polar surface area (TPSA) is 40.5 Å². The van der Waals surface area contributed by atoms with Gasteiger partial charge in [0, 0.05) is 11.1 Å². The Morgan fingerprint density at radius 2 is 1.72 bits per heavy atom. The number of rotatable bonds is 3. The van der Waals surface area contributed by atoms with Crippen molar-refractivity contribution in [2.45, 2.75) is 26.7 Å². The molecule has 0 aliphatic heterocycles. The molecule has 0 unspecified atom stereocenters. The fourth-order valence-electron chi connectivity index (χ4n) is 2.17. The Hall–Kier alpha value is -1.96. The summed E-state index contributed by atoms with van der Waals surface area (Å²) in [6.45, 7) is 4.02. The van der Waals surface area contributed by atoms with Gasteiger partial charge in [-0.15, -0.1) is 0 Å². The molecule has 0 aromatic heterocycles. The average molecular weight is 242 g/mol. The van der Waals surface area contributed by atoms with Crippen LogP contribution in [-0.4, -0.2) is 10.2 Å². The number of hydrogen-bond acceptors (Lipinski definition) is 2. The molecule has 0 saturated carbocycles. The molecule has 94 valence electrons. The zero-order valence-corrected chi connectivity index (χ0v) is 10.8. The highest BCUT2D eigenvalue weighted by Gasteiger charge is 2.12. The van der Waals surface area contributed by atoms with Crippen molar-refractivity contribution in [1.29, 1.82) is 0 Å². The minimum atomic E-state index is 0.158. The Balaban J connectivity index is 2.57. The van der Waals surface area contributed by atoms with Crippen LogP contribution in [0.4, 0.5) is 0 Å². The Morgan fingerprint density at radius 3 is 2.39 bits per heavy atom. The van der Waals surface area contributed by atoms with Crippen molar-refractivity contribution in [2.75, 3.05) is 0 Å². The van der Waals surface area contributed by atoms with E-state index in [-0.39, 0.29) is 11.5 Å². The van der Waals surface area contributed by atoms with Gasteiger partial charge in [0.05, 0.1) is 0 Å². The highest BCUT2D eigenvalue weighted by Crippen LogP contribution is 2.37. The monoisotopic (exact) mass is 242 g/mol. The van der Waals surface area contributed by atoms with Crippen molar-refractivity contribution in [3.05, 3.63) is 47.5 Å². The van der Waals surface area contributed by atoms with Gasteiger partial charge in [-0.05, 0) is 36.1 Å². The summed E-state index contributed by atoms with van der Waals surface area (Å²) in [4.78, 5) is 0. The molecule has 2 heteroatoms. The van der Waals surface area contributed by atoms with Gasteiger partial charge in [-0.2, -0.15) is 0 Å². The summed E-state index contributed by atoms with van der Waals surface area (Å²) in [5.74, 6) is 0.344. The summed E-state index contributed by atoms with van der Waals surface area (Å²) in [7, 11) is 0. The van der Waals surface area contributed by atoms with Crippen molar-refractivity contribution in [2.24, 2.45) is 0 Å². The van der Waals surface area contributed by atoms with Crippen molar-refractivity contribution in [3.63, 3.8) is 0 Å². The summed E-state index contributed by atoms with van der Waals surface area (Å²) < 4.78 is 0. The van der Waals surface area contributed by atoms with E-state index in [4.69, 9.17) is 0 Å². The van der Waals surface area contributed by atoms with Crippen LogP contribution in [0.25, 0.3) is 11.1 Å². The van der Waals surface area contributed by atoms with Crippen LogP contribution in [-0.2, 0) is 12.8 Å². The molecule has 0 atom stereocenters. The first-order valence-electron chi connectivity index (χ1n) is 6.30. The molecule has 2 aromatic carbocycles. The van der Waals surface area contributed by atoms with Gasteiger partial charge < -0.3 is 10.2 Å². The normalized spacial score (nSPS) is 10.6. The third kappa shape index (κ3) is 2.19. The lowest BCUT2D eigenvalue weighted by molar-refractivity contribution is 0.441. The largest absolute Gasteiger partial charge is 0.508 e. The molecule has 18 heavy (non-hydrogen) atoms. The van der Waals surface area contributed by atoms with E-state index in [0.29, 0.717) is 12.0 Å². The van der Waals surface area contributed by atoms with Gasteiger partial charge in [-0.25, -0.2) is 0 Å². The molecular weight excluding hydrogens is 224 g/mol. The maximum Gasteiger partial charge on any atom is 0.130 e. The zero-order valence-electron chi connectivity index (χ0n) is 10.8. The van der Waals surface area contributed by atoms with Crippen molar-refractivity contribution in [1.82, 2.24) is 0 Å². The van der Waals surface area contributed by atoms with Crippen LogP contribution >= 0.6 is 0 Å². The van der Waals surface area contributed by atoms with Crippen LogP contribution in [0, 0.1) is 0 Å². The van der Waals surface area contributed by atoms with E-state index in [1.165, 1.54) is 5.56 Å². The number of aromatic hydroxyl groups is 2. The van der Waals surface area contributed by atoms with Crippen LogP contribution in [0.15, 0.2) is 36.4 Å². The summed E-state index contributed by atoms with van der Waals surface area (Å²) in [5.41, 5.74) is 3.61. The second-order valence-electron chi connectivity index (χ2n) is 4.37. The minimum absolute atomic E-state index is 0.158. The van der Waals surface area contributed by atoms with Crippen LogP contribution in [0.1, 0.15) is 25.0 Å². The predicted molar refractivity (Wildman–Crippen MR) is 74.0 cm³/mol. The predicted octanol–water partition coefficient (Wildman–Crippen LogP) is 3.89. The van der Waals surface area contributed by atoms with Crippen molar-refractivity contribution < 1.29 is 10.2 Å². The Labute approximate surface area is 108 Å². The standard InChI is InChI=1S/C16H18O2/c1-3-11-6-5-7-12(10-11)14-8-9-15(17)13(4-2)16(14)18/h5-10,17-18H,3-4H2,1-2H3. The van der Waals surface area contributed by atoms with E-state index in [1.54, 1.807) is 12.1 Å². The molecule has 0 aliphatic rings. The summed E-state index contributed by atoms with van der Waals surface area (Å²) in [6, 6.07) is 11.5. The van der Waals surface area contributed by atoms with E-state index in [9.17, 15) is 10.2 Å². The van der Waals surface area contributed by atoms with Gasteiger partial charge in [0.1, 0.15) is 11.5 Å². The molecule has 0 heterocycles. The van der Waals surface area contributed by atoms with Gasteiger partial charge in [-0.3, -0.25) is 0 Å². The fraction of sp³-hybridized carbons (Fsp3) is 0.250. The Morgan fingerprint density at radius 1 is 0.944 bits per heavy atom. The fourth-order valence-corrected chi connectivity index (χ4v) is 2.17. The van der Waals surface area contributed by atoms with E-state index in [0.717, 1.165) is 17.5 Å². The molecule has 0 amide bonds. The quantitative estimate of drug-likeness (QED) is 0.857. The molecule has 2 nitrogen and oxygen atoms in total. The number of hydrogen-bond donors (Lipinski definition) is 2. The first kappa shape index (κ1) is 12.5. The molecule has 0 radical (unpaired) electrons. The van der Waals surface area contributed by atoms with E-state index >= 15 is 0 Å². The molecule has 0 saturated heterocycles. The highest BCUT2D eigenvalue weighted by atomic mass is 16.3. The maximum atomic E-state index is 10.2. The van der Waals surface area contributed by atoms with Gasteiger partial charge in [0.15, 0.2) is 0 Å². The molecule has 2 rings (SSSR count). The summed E-state index contributed by atoms with van der Waals surface area (Å²) >= 11 is 0. The van der Waals surface area contributed by atoms with Gasteiger partial charge >= 0.3 is 0 Å². The van der Waals surface area contributed by atoms with Gasteiger partial charge in [-0.1, -0.05) is 38.1 Å².